The second-order valence-electron chi connectivity index (χ2n) is 6.32. The lowest BCUT2D eigenvalue weighted by Crippen LogP contribution is -2.49. The third kappa shape index (κ3) is 4.74. The predicted molar refractivity (Wildman–Crippen MR) is 90.1 cm³/mol. The first kappa shape index (κ1) is 18.8. The van der Waals surface area contributed by atoms with Crippen LogP contribution in [-0.4, -0.2) is 56.9 Å². The maximum atomic E-state index is 12.7. The van der Waals surface area contributed by atoms with E-state index < -0.39 is 5.97 Å². The van der Waals surface area contributed by atoms with Gasteiger partial charge in [0, 0.05) is 19.1 Å². The van der Waals surface area contributed by atoms with E-state index in [9.17, 15) is 14.4 Å². The Hall–Kier alpha value is -2.51. The number of aromatic carboxylic acids is 1. The Morgan fingerprint density at radius 1 is 1.24 bits per heavy atom. The van der Waals surface area contributed by atoms with Crippen LogP contribution in [0.1, 0.15) is 60.5 Å². The summed E-state index contributed by atoms with van der Waals surface area (Å²) in [5.74, 6) is -1.78. The molecule has 0 radical (unpaired) electrons. The average molecular weight is 348 g/mol. The molecule has 2 N–H and O–H groups in total. The lowest BCUT2D eigenvalue weighted by molar-refractivity contribution is -0.126. The molecular formula is C17H24N4O4. The highest BCUT2D eigenvalue weighted by Gasteiger charge is 2.33. The standard InChI is InChI=1S/C17H24N4O4/c1-3-4-7-18-15(22)12-6-5-11(2)21(10-12)16(23)13-8-20-14(9-19-13)17(24)25/h8-9,11-12H,3-7,10H2,1-2H3,(H,18,22)(H,24,25). The quantitative estimate of drug-likeness (QED) is 0.750. The molecule has 1 fully saturated rings. The second kappa shape index (κ2) is 8.55. The van der Waals surface area contributed by atoms with Crippen LogP contribution in [0.25, 0.3) is 0 Å². The molecule has 0 spiro atoms. The van der Waals surface area contributed by atoms with Crippen LogP contribution in [0.15, 0.2) is 12.4 Å². The minimum absolute atomic E-state index is 0.00635. The van der Waals surface area contributed by atoms with Crippen LogP contribution < -0.4 is 5.32 Å². The van der Waals surface area contributed by atoms with Crippen LogP contribution in [0.4, 0.5) is 0 Å². The number of carbonyl (C=O) groups is 3. The normalized spacial score (nSPS) is 20.2. The molecule has 1 saturated heterocycles. The third-order valence-corrected chi connectivity index (χ3v) is 4.43. The molecule has 136 valence electrons. The molecule has 0 aliphatic carbocycles. The summed E-state index contributed by atoms with van der Waals surface area (Å²) in [7, 11) is 0. The second-order valence-corrected chi connectivity index (χ2v) is 6.32. The molecule has 2 rings (SSSR count). The monoisotopic (exact) mass is 348 g/mol. The number of carboxylic acids is 1. The van der Waals surface area contributed by atoms with Gasteiger partial charge in [-0.3, -0.25) is 9.59 Å². The Morgan fingerprint density at radius 2 is 1.92 bits per heavy atom. The fourth-order valence-electron chi connectivity index (χ4n) is 2.83. The minimum atomic E-state index is -1.19. The van der Waals surface area contributed by atoms with Gasteiger partial charge in [-0.25, -0.2) is 14.8 Å². The number of piperidine rings is 1. The molecular weight excluding hydrogens is 324 g/mol. The van der Waals surface area contributed by atoms with Crippen LogP contribution in [0, 0.1) is 5.92 Å². The number of aromatic nitrogens is 2. The van der Waals surface area contributed by atoms with Crippen molar-refractivity contribution in [3.05, 3.63) is 23.8 Å². The van der Waals surface area contributed by atoms with Crippen LogP contribution >= 0.6 is 0 Å². The van der Waals surface area contributed by atoms with E-state index in [1.54, 1.807) is 4.90 Å². The van der Waals surface area contributed by atoms with Crippen molar-refractivity contribution in [3.63, 3.8) is 0 Å². The highest BCUT2D eigenvalue weighted by Crippen LogP contribution is 2.23. The van der Waals surface area contributed by atoms with Gasteiger partial charge >= 0.3 is 5.97 Å². The minimum Gasteiger partial charge on any atom is -0.476 e. The van der Waals surface area contributed by atoms with Gasteiger partial charge in [-0.05, 0) is 26.2 Å². The largest absolute Gasteiger partial charge is 0.476 e. The topological polar surface area (TPSA) is 112 Å². The summed E-state index contributed by atoms with van der Waals surface area (Å²) in [6, 6.07) is -0.00635. The van der Waals surface area contributed by atoms with E-state index in [1.807, 2.05) is 6.92 Å². The van der Waals surface area contributed by atoms with Crippen molar-refractivity contribution >= 4 is 17.8 Å². The van der Waals surface area contributed by atoms with Gasteiger partial charge in [-0.2, -0.15) is 0 Å². The molecule has 2 heterocycles. The van der Waals surface area contributed by atoms with Gasteiger partial charge in [0.1, 0.15) is 5.69 Å². The number of rotatable bonds is 6. The Bertz CT molecular complexity index is 632. The molecule has 0 aromatic carbocycles. The zero-order valence-electron chi connectivity index (χ0n) is 14.6. The average Bonchev–Trinajstić information content (AvgIpc) is 2.61. The number of nitrogens with one attached hydrogen (secondary N) is 1. The SMILES string of the molecule is CCCCNC(=O)C1CCC(C)N(C(=O)c2cnc(C(=O)O)cn2)C1. The highest BCUT2D eigenvalue weighted by atomic mass is 16.4. The Kier molecular flexibility index (Phi) is 6.44. The molecule has 1 aliphatic heterocycles. The van der Waals surface area contributed by atoms with E-state index in [2.05, 4.69) is 22.2 Å². The van der Waals surface area contributed by atoms with Gasteiger partial charge in [-0.15, -0.1) is 0 Å². The van der Waals surface area contributed by atoms with Gasteiger partial charge in [0.25, 0.3) is 5.91 Å². The number of nitrogens with zero attached hydrogens (tertiary/aromatic N) is 3. The molecule has 0 saturated carbocycles. The molecule has 1 aromatic rings. The first-order chi connectivity index (χ1) is 11.9. The van der Waals surface area contributed by atoms with Crippen LogP contribution in [0.5, 0.6) is 0 Å². The van der Waals surface area contributed by atoms with Crippen molar-refractivity contribution in [2.24, 2.45) is 5.92 Å². The number of unbranched alkanes of at least 4 members (excludes halogenated alkanes) is 1. The summed E-state index contributed by atoms with van der Waals surface area (Å²) in [4.78, 5) is 45.0. The molecule has 2 amide bonds. The fraction of sp³-hybridized carbons (Fsp3) is 0.588. The van der Waals surface area contributed by atoms with E-state index in [4.69, 9.17) is 5.11 Å². The zero-order valence-corrected chi connectivity index (χ0v) is 14.6. The molecule has 25 heavy (non-hydrogen) atoms. The maximum Gasteiger partial charge on any atom is 0.356 e. The summed E-state index contributed by atoms with van der Waals surface area (Å²) >= 11 is 0. The van der Waals surface area contributed by atoms with Crippen LogP contribution in [0.2, 0.25) is 0 Å². The molecule has 8 nitrogen and oxygen atoms in total. The van der Waals surface area contributed by atoms with Crippen molar-refractivity contribution in [1.29, 1.82) is 0 Å². The van der Waals surface area contributed by atoms with Crippen LogP contribution in [0.3, 0.4) is 0 Å². The van der Waals surface area contributed by atoms with E-state index in [0.717, 1.165) is 31.9 Å². The summed E-state index contributed by atoms with van der Waals surface area (Å²) in [6.45, 7) is 4.98. The number of hydrogen-bond donors (Lipinski definition) is 2. The third-order valence-electron chi connectivity index (χ3n) is 4.43. The van der Waals surface area contributed by atoms with Crippen molar-refractivity contribution in [3.8, 4) is 0 Å². The van der Waals surface area contributed by atoms with E-state index in [-0.39, 0.29) is 35.2 Å². The number of amides is 2. The van der Waals surface area contributed by atoms with Gasteiger partial charge in [0.05, 0.1) is 18.3 Å². The first-order valence-corrected chi connectivity index (χ1v) is 8.58. The van der Waals surface area contributed by atoms with E-state index in [1.165, 1.54) is 6.20 Å². The zero-order chi connectivity index (χ0) is 18.4. The molecule has 8 heteroatoms. The number of carbonyl (C=O) groups excluding carboxylic acids is 2. The van der Waals surface area contributed by atoms with Gasteiger partial charge in [-0.1, -0.05) is 13.3 Å². The lowest BCUT2D eigenvalue weighted by Gasteiger charge is -2.37. The smallest absolute Gasteiger partial charge is 0.356 e. The summed E-state index contributed by atoms with van der Waals surface area (Å²) in [5, 5.41) is 11.8. The van der Waals surface area contributed by atoms with E-state index in [0.29, 0.717) is 13.1 Å². The number of likely N-dealkylation sites (tertiary alicyclic amines) is 1. The Balaban J connectivity index is 2.04. The summed E-state index contributed by atoms with van der Waals surface area (Å²) in [5.41, 5.74) is -0.125. The van der Waals surface area contributed by atoms with Crippen molar-refractivity contribution < 1.29 is 19.5 Å². The highest BCUT2D eigenvalue weighted by molar-refractivity contribution is 5.93. The van der Waals surface area contributed by atoms with E-state index >= 15 is 0 Å². The van der Waals surface area contributed by atoms with Gasteiger partial charge in [0.2, 0.25) is 5.91 Å². The number of carboxylic acid groups (broad SMARTS) is 1. The Labute approximate surface area is 146 Å². The predicted octanol–water partition coefficient (Wildman–Crippen LogP) is 1.33. The summed E-state index contributed by atoms with van der Waals surface area (Å²) < 4.78 is 0. The first-order valence-electron chi connectivity index (χ1n) is 8.58. The van der Waals surface area contributed by atoms with Gasteiger partial charge < -0.3 is 15.3 Å². The van der Waals surface area contributed by atoms with Crippen molar-refractivity contribution in [1.82, 2.24) is 20.2 Å². The van der Waals surface area contributed by atoms with Crippen molar-refractivity contribution in [2.45, 2.75) is 45.6 Å². The fourth-order valence-corrected chi connectivity index (χ4v) is 2.83. The van der Waals surface area contributed by atoms with Gasteiger partial charge in [0.15, 0.2) is 5.69 Å². The molecule has 0 bridgehead atoms. The lowest BCUT2D eigenvalue weighted by atomic mass is 9.92. The van der Waals surface area contributed by atoms with Crippen molar-refractivity contribution in [2.75, 3.05) is 13.1 Å². The number of hydrogen-bond acceptors (Lipinski definition) is 5. The maximum absolute atomic E-state index is 12.7. The van der Waals surface area contributed by atoms with Crippen LogP contribution in [-0.2, 0) is 4.79 Å². The summed E-state index contributed by atoms with van der Waals surface area (Å²) in [6.07, 6.45) is 5.66. The molecule has 2 unspecified atom stereocenters. The molecule has 1 aromatic heterocycles. The molecule has 2 atom stereocenters. The Morgan fingerprint density at radius 3 is 2.52 bits per heavy atom. The molecule has 1 aliphatic rings.